The van der Waals surface area contributed by atoms with Crippen molar-refractivity contribution >= 4 is 27.7 Å². The van der Waals surface area contributed by atoms with Crippen molar-refractivity contribution in [2.24, 2.45) is 0 Å². The molecule has 1 aromatic rings. The van der Waals surface area contributed by atoms with Gasteiger partial charge in [0.15, 0.2) is 0 Å². The van der Waals surface area contributed by atoms with Crippen molar-refractivity contribution in [3.63, 3.8) is 0 Å². The van der Waals surface area contributed by atoms with E-state index in [9.17, 15) is 13.2 Å². The van der Waals surface area contributed by atoms with E-state index in [-0.39, 0.29) is 6.61 Å². The first-order valence-electron chi connectivity index (χ1n) is 5.15. The molecule has 7 nitrogen and oxygen atoms in total. The van der Waals surface area contributed by atoms with Gasteiger partial charge in [-0.2, -0.15) is 8.42 Å². The van der Waals surface area contributed by atoms with Gasteiger partial charge in [0.05, 0.1) is 12.3 Å². The number of carbonyl (C=O) groups excluding carboxylic acids is 1. The maximum atomic E-state index is 11.8. The number of nitrogens with two attached hydrogens (primary N) is 1. The molecule has 1 rings (SSSR count). The highest BCUT2D eigenvalue weighted by Gasteiger charge is 2.21. The van der Waals surface area contributed by atoms with Crippen molar-refractivity contribution in [1.82, 2.24) is 4.72 Å². The number of nitrogens with one attached hydrogen (secondary N) is 1. The number of nitrogens with zero attached hydrogens (tertiary/aromatic N) is 1. The number of rotatable bonds is 4. The average Bonchev–Trinajstić information content (AvgIpc) is 2.27. The molecule has 0 aromatic heterocycles. The van der Waals surface area contributed by atoms with Gasteiger partial charge in [0.1, 0.15) is 0 Å². The highest BCUT2D eigenvalue weighted by molar-refractivity contribution is 7.91. The van der Waals surface area contributed by atoms with E-state index < -0.39 is 16.3 Å². The first kappa shape index (κ1) is 14.1. The topological polar surface area (TPSA) is 102 Å². The smallest absolute Gasteiger partial charge is 0.422 e. The van der Waals surface area contributed by atoms with Crippen LogP contribution in [0.2, 0.25) is 0 Å². The molecule has 0 aliphatic rings. The molecule has 100 valence electrons. The normalized spacial score (nSPS) is 10.8. The van der Waals surface area contributed by atoms with Crippen molar-refractivity contribution in [2.45, 2.75) is 6.92 Å². The number of anilines is 2. The van der Waals surface area contributed by atoms with Gasteiger partial charge < -0.3 is 10.5 Å². The fourth-order valence-corrected chi connectivity index (χ4v) is 1.99. The van der Waals surface area contributed by atoms with E-state index in [1.165, 1.54) is 13.1 Å². The molecule has 3 N–H and O–H groups in total. The summed E-state index contributed by atoms with van der Waals surface area (Å²) in [7, 11) is -2.70. The fourth-order valence-electron chi connectivity index (χ4n) is 1.19. The molecular weight excluding hydrogens is 258 g/mol. The largest absolute Gasteiger partial charge is 0.449 e. The molecular formula is C10H15N3O4S. The molecule has 0 bridgehead atoms. The predicted octanol–water partition coefficient (Wildman–Crippen LogP) is 0.696. The maximum absolute atomic E-state index is 11.8. The summed E-state index contributed by atoms with van der Waals surface area (Å²) < 4.78 is 30.8. The predicted molar refractivity (Wildman–Crippen MR) is 68.3 cm³/mol. The van der Waals surface area contributed by atoms with Crippen molar-refractivity contribution in [3.05, 3.63) is 24.3 Å². The van der Waals surface area contributed by atoms with Gasteiger partial charge >= 0.3 is 16.3 Å². The van der Waals surface area contributed by atoms with Gasteiger partial charge in [0.25, 0.3) is 0 Å². The van der Waals surface area contributed by atoms with Crippen LogP contribution in [0.25, 0.3) is 0 Å². The van der Waals surface area contributed by atoms with Crippen LogP contribution in [0.1, 0.15) is 6.92 Å². The van der Waals surface area contributed by atoms with E-state index in [2.05, 4.69) is 4.74 Å². The zero-order chi connectivity index (χ0) is 13.8. The lowest BCUT2D eigenvalue weighted by atomic mass is 10.3. The van der Waals surface area contributed by atoms with Gasteiger partial charge in [0.2, 0.25) is 0 Å². The standard InChI is InChI=1S/C10H15N3O4S/c1-3-17-10(14)12-18(15,16)13(2)9-6-4-5-8(11)7-9/h4-7H,3,11H2,1-2H3,(H,12,14). The Kier molecular flexibility index (Phi) is 4.38. The van der Waals surface area contributed by atoms with Crippen LogP contribution in [0.15, 0.2) is 24.3 Å². The Morgan fingerprint density at radius 2 is 2.17 bits per heavy atom. The van der Waals surface area contributed by atoms with Gasteiger partial charge in [-0.15, -0.1) is 0 Å². The quantitative estimate of drug-likeness (QED) is 0.786. The molecule has 0 saturated heterocycles. The minimum atomic E-state index is -4.00. The summed E-state index contributed by atoms with van der Waals surface area (Å²) in [5.74, 6) is 0. The summed E-state index contributed by atoms with van der Waals surface area (Å²) in [5, 5.41) is 0. The summed E-state index contributed by atoms with van der Waals surface area (Å²) >= 11 is 0. The van der Waals surface area contributed by atoms with Gasteiger partial charge in [-0.25, -0.2) is 9.52 Å². The molecule has 0 unspecified atom stereocenters. The lowest BCUT2D eigenvalue weighted by molar-refractivity contribution is 0.158. The van der Waals surface area contributed by atoms with E-state index >= 15 is 0 Å². The lowest BCUT2D eigenvalue weighted by Gasteiger charge is -2.19. The summed E-state index contributed by atoms with van der Waals surface area (Å²) in [4.78, 5) is 11.1. The first-order chi connectivity index (χ1) is 8.36. The highest BCUT2D eigenvalue weighted by atomic mass is 32.2. The van der Waals surface area contributed by atoms with Crippen molar-refractivity contribution in [3.8, 4) is 0 Å². The third kappa shape index (κ3) is 3.52. The van der Waals surface area contributed by atoms with Crippen LogP contribution < -0.4 is 14.8 Å². The van der Waals surface area contributed by atoms with E-state index in [1.54, 1.807) is 29.8 Å². The van der Waals surface area contributed by atoms with Crippen molar-refractivity contribution < 1.29 is 17.9 Å². The lowest BCUT2D eigenvalue weighted by Crippen LogP contribution is -2.41. The molecule has 0 aliphatic carbocycles. The van der Waals surface area contributed by atoms with Crippen LogP contribution in [0, 0.1) is 0 Å². The average molecular weight is 273 g/mol. The Bertz CT molecular complexity index is 530. The maximum Gasteiger partial charge on any atom is 0.422 e. The Hall–Kier alpha value is -1.96. The second kappa shape index (κ2) is 5.58. The van der Waals surface area contributed by atoms with Crippen molar-refractivity contribution in [2.75, 3.05) is 23.7 Å². The first-order valence-corrected chi connectivity index (χ1v) is 6.59. The van der Waals surface area contributed by atoms with Crippen LogP contribution in [0.3, 0.4) is 0 Å². The highest BCUT2D eigenvalue weighted by Crippen LogP contribution is 2.18. The second-order valence-electron chi connectivity index (χ2n) is 3.39. The number of hydrogen-bond acceptors (Lipinski definition) is 5. The van der Waals surface area contributed by atoms with Crippen LogP contribution in [-0.2, 0) is 14.9 Å². The number of ether oxygens (including phenoxy) is 1. The van der Waals surface area contributed by atoms with Crippen LogP contribution >= 0.6 is 0 Å². The molecule has 0 saturated carbocycles. The number of nitrogen functional groups attached to an aromatic ring is 1. The Labute approximate surface area is 106 Å². The molecule has 0 atom stereocenters. The molecule has 18 heavy (non-hydrogen) atoms. The molecule has 8 heteroatoms. The molecule has 0 spiro atoms. The summed E-state index contributed by atoms with van der Waals surface area (Å²) in [6, 6.07) is 6.27. The van der Waals surface area contributed by atoms with Gasteiger partial charge in [-0.1, -0.05) is 6.07 Å². The molecule has 0 aliphatic heterocycles. The van der Waals surface area contributed by atoms with Crippen LogP contribution in [0.4, 0.5) is 16.2 Å². The minimum Gasteiger partial charge on any atom is -0.449 e. The Morgan fingerprint density at radius 3 is 2.72 bits per heavy atom. The van der Waals surface area contributed by atoms with Gasteiger partial charge in [-0.3, -0.25) is 4.31 Å². The third-order valence-electron chi connectivity index (χ3n) is 2.08. The van der Waals surface area contributed by atoms with Crippen molar-refractivity contribution in [1.29, 1.82) is 0 Å². The monoisotopic (exact) mass is 273 g/mol. The van der Waals surface area contributed by atoms with Gasteiger partial charge in [0, 0.05) is 12.7 Å². The third-order valence-corrected chi connectivity index (χ3v) is 3.44. The SMILES string of the molecule is CCOC(=O)NS(=O)(=O)N(C)c1cccc(N)c1. The summed E-state index contributed by atoms with van der Waals surface area (Å²) in [6.45, 7) is 1.66. The van der Waals surface area contributed by atoms with Gasteiger partial charge in [-0.05, 0) is 25.1 Å². The number of hydrogen-bond donors (Lipinski definition) is 2. The zero-order valence-electron chi connectivity index (χ0n) is 10.1. The van der Waals surface area contributed by atoms with E-state index in [4.69, 9.17) is 5.73 Å². The number of carbonyl (C=O) groups is 1. The number of amides is 1. The second-order valence-corrected chi connectivity index (χ2v) is 5.09. The van der Waals surface area contributed by atoms with Crippen LogP contribution in [-0.4, -0.2) is 28.2 Å². The molecule has 0 heterocycles. The minimum absolute atomic E-state index is 0.0867. The molecule has 1 aromatic carbocycles. The fraction of sp³-hybridized carbons (Fsp3) is 0.300. The Morgan fingerprint density at radius 1 is 1.50 bits per heavy atom. The zero-order valence-corrected chi connectivity index (χ0v) is 10.9. The molecule has 0 fully saturated rings. The van der Waals surface area contributed by atoms with E-state index in [0.29, 0.717) is 11.4 Å². The van der Waals surface area contributed by atoms with E-state index in [1.807, 2.05) is 0 Å². The van der Waals surface area contributed by atoms with E-state index in [0.717, 1.165) is 4.31 Å². The summed E-state index contributed by atoms with van der Waals surface area (Å²) in [5.41, 5.74) is 6.32. The molecule has 0 radical (unpaired) electrons. The summed E-state index contributed by atoms with van der Waals surface area (Å²) in [6.07, 6.45) is -1.02. The van der Waals surface area contributed by atoms with Crippen LogP contribution in [0.5, 0.6) is 0 Å². The number of benzene rings is 1. The Balaban J connectivity index is 2.88. The molecule has 1 amide bonds.